The van der Waals surface area contributed by atoms with E-state index in [9.17, 15) is 20.2 Å². The van der Waals surface area contributed by atoms with Gasteiger partial charge in [0.2, 0.25) is 0 Å². The molecule has 0 spiro atoms. The third-order valence-electron chi connectivity index (χ3n) is 5.23. The number of nitro groups is 1. The number of amides is 1. The molecule has 0 heterocycles. The fourth-order valence-corrected chi connectivity index (χ4v) is 3.96. The van der Waals surface area contributed by atoms with E-state index in [-0.39, 0.29) is 57.5 Å². The third kappa shape index (κ3) is 7.31. The molecule has 0 aliphatic carbocycles. The van der Waals surface area contributed by atoms with Crippen molar-refractivity contribution in [3.8, 4) is 29.1 Å². The van der Waals surface area contributed by atoms with Crippen molar-refractivity contribution in [3.63, 3.8) is 0 Å². The number of nitrogens with one attached hydrogen (secondary N) is 1. The van der Waals surface area contributed by atoms with Crippen molar-refractivity contribution in [2.24, 2.45) is 0 Å². The molecule has 39 heavy (non-hydrogen) atoms. The van der Waals surface area contributed by atoms with Crippen LogP contribution < -0.4 is 24.3 Å². The lowest BCUT2D eigenvalue weighted by Gasteiger charge is -2.15. The van der Waals surface area contributed by atoms with Gasteiger partial charge in [-0.3, -0.25) is 14.9 Å². The first-order valence-electron chi connectivity index (χ1n) is 11.4. The number of hydrogen-bond donors (Lipinski definition) is 1. The van der Waals surface area contributed by atoms with Crippen LogP contribution in [0, 0.1) is 21.4 Å². The topological polar surface area (TPSA) is 133 Å². The van der Waals surface area contributed by atoms with Crippen molar-refractivity contribution in [2.45, 2.75) is 13.5 Å². The molecule has 0 radical (unpaired) electrons. The van der Waals surface area contributed by atoms with Crippen LogP contribution in [0.25, 0.3) is 6.08 Å². The van der Waals surface area contributed by atoms with E-state index in [0.717, 1.165) is 0 Å². The van der Waals surface area contributed by atoms with Gasteiger partial charge in [-0.25, -0.2) is 0 Å². The minimum Gasteiger partial charge on any atom is -0.495 e. The highest BCUT2D eigenvalue weighted by atomic mass is 35.5. The Hall–Kier alpha value is -4.46. The summed E-state index contributed by atoms with van der Waals surface area (Å²) in [6.45, 7) is 2.04. The van der Waals surface area contributed by atoms with E-state index >= 15 is 0 Å². The van der Waals surface area contributed by atoms with Crippen LogP contribution in [-0.2, 0) is 11.4 Å². The second-order valence-electron chi connectivity index (χ2n) is 7.79. The summed E-state index contributed by atoms with van der Waals surface area (Å²) in [5.41, 5.74) is 0.921. The Bertz CT molecular complexity index is 1470. The zero-order chi connectivity index (χ0) is 28.5. The number of carbonyl (C=O) groups is 1. The number of ether oxygens (including phenoxy) is 4. The van der Waals surface area contributed by atoms with Crippen molar-refractivity contribution >= 4 is 46.6 Å². The van der Waals surface area contributed by atoms with E-state index < -0.39 is 10.8 Å². The van der Waals surface area contributed by atoms with Crippen molar-refractivity contribution in [3.05, 3.63) is 85.4 Å². The quantitative estimate of drug-likeness (QED) is 0.120. The van der Waals surface area contributed by atoms with Gasteiger partial charge in [-0.05, 0) is 36.3 Å². The van der Waals surface area contributed by atoms with Crippen LogP contribution >= 0.6 is 23.2 Å². The molecule has 0 aliphatic rings. The molecule has 0 saturated carbocycles. The van der Waals surface area contributed by atoms with Crippen molar-refractivity contribution < 1.29 is 28.7 Å². The molecule has 3 aromatic rings. The largest absolute Gasteiger partial charge is 0.495 e. The normalized spacial score (nSPS) is 10.8. The second-order valence-corrected chi connectivity index (χ2v) is 8.60. The van der Waals surface area contributed by atoms with Crippen molar-refractivity contribution in [2.75, 3.05) is 26.1 Å². The number of nitriles is 1. The van der Waals surface area contributed by atoms with Gasteiger partial charge < -0.3 is 24.3 Å². The first-order chi connectivity index (χ1) is 18.7. The lowest BCUT2D eigenvalue weighted by Crippen LogP contribution is -2.14. The van der Waals surface area contributed by atoms with Gasteiger partial charge in [0.1, 0.15) is 29.7 Å². The summed E-state index contributed by atoms with van der Waals surface area (Å²) in [5, 5.41) is 23.8. The Morgan fingerprint density at radius 2 is 1.79 bits per heavy atom. The molecule has 3 rings (SSSR count). The van der Waals surface area contributed by atoms with E-state index in [2.05, 4.69) is 5.32 Å². The van der Waals surface area contributed by atoms with Gasteiger partial charge in [0.25, 0.3) is 11.6 Å². The molecule has 10 nitrogen and oxygen atoms in total. The maximum Gasteiger partial charge on any atom is 0.269 e. The molecule has 0 fully saturated rings. The van der Waals surface area contributed by atoms with Crippen LogP contribution in [-0.4, -0.2) is 31.7 Å². The number of anilines is 1. The average molecular weight is 572 g/mol. The summed E-state index contributed by atoms with van der Waals surface area (Å²) in [7, 11) is 2.84. The predicted molar refractivity (Wildman–Crippen MR) is 147 cm³/mol. The maximum atomic E-state index is 12.9. The predicted octanol–water partition coefficient (Wildman–Crippen LogP) is 6.44. The number of methoxy groups -OCH3 is 2. The molecule has 3 aromatic carbocycles. The Labute approximate surface area is 234 Å². The molecule has 0 atom stereocenters. The maximum absolute atomic E-state index is 12.9. The lowest BCUT2D eigenvalue weighted by molar-refractivity contribution is -0.384. The Morgan fingerprint density at radius 1 is 1.05 bits per heavy atom. The molecular weight excluding hydrogens is 549 g/mol. The van der Waals surface area contributed by atoms with Gasteiger partial charge in [-0.1, -0.05) is 35.3 Å². The van der Waals surface area contributed by atoms with Crippen LogP contribution in [0.15, 0.2) is 54.1 Å². The average Bonchev–Trinajstić information content (AvgIpc) is 2.92. The number of carbonyl (C=O) groups excluding carboxylic acids is 1. The standard InChI is InChI=1S/C27H23Cl2N3O7/c1-4-38-25-11-17(10-21(29)26(25)39-15-16-6-5-7-19(9-16)32(34)35)8-18(14-30)27(33)31-22-13-23(36-2)20(28)12-24(22)37-3/h5-13H,4,15H2,1-3H3,(H,31,33)/b18-8+. The first-order valence-corrected chi connectivity index (χ1v) is 12.1. The zero-order valence-corrected chi connectivity index (χ0v) is 22.6. The van der Waals surface area contributed by atoms with Crippen LogP contribution in [0.2, 0.25) is 10.0 Å². The van der Waals surface area contributed by atoms with Crippen molar-refractivity contribution in [1.29, 1.82) is 5.26 Å². The van der Waals surface area contributed by atoms with E-state index in [4.69, 9.17) is 42.1 Å². The SMILES string of the molecule is CCOc1cc(/C=C(\C#N)C(=O)Nc2cc(OC)c(Cl)cc2OC)cc(Cl)c1OCc1cccc([N+](=O)[O-])c1. The number of nitro benzene ring substituents is 1. The van der Waals surface area contributed by atoms with Crippen LogP contribution in [0.3, 0.4) is 0 Å². The summed E-state index contributed by atoms with van der Waals surface area (Å²) in [4.78, 5) is 23.5. The number of nitrogens with zero attached hydrogens (tertiary/aromatic N) is 2. The molecular formula is C27H23Cl2N3O7. The van der Waals surface area contributed by atoms with Gasteiger partial charge in [0.15, 0.2) is 11.5 Å². The fourth-order valence-electron chi connectivity index (χ4n) is 3.45. The van der Waals surface area contributed by atoms with Gasteiger partial charge in [0, 0.05) is 24.3 Å². The number of rotatable bonds is 11. The summed E-state index contributed by atoms with van der Waals surface area (Å²) in [5.74, 6) is 0.356. The summed E-state index contributed by atoms with van der Waals surface area (Å²) in [6.07, 6.45) is 1.34. The molecule has 0 aromatic heterocycles. The Kier molecular flexibility index (Phi) is 9.98. The van der Waals surface area contributed by atoms with E-state index in [1.54, 1.807) is 25.1 Å². The fraction of sp³-hybridized carbons (Fsp3) is 0.185. The van der Waals surface area contributed by atoms with Gasteiger partial charge in [-0.15, -0.1) is 0 Å². The van der Waals surface area contributed by atoms with E-state index in [1.807, 2.05) is 6.07 Å². The summed E-state index contributed by atoms with van der Waals surface area (Å²) >= 11 is 12.6. The molecule has 202 valence electrons. The van der Waals surface area contributed by atoms with Gasteiger partial charge in [0.05, 0.1) is 41.5 Å². The van der Waals surface area contributed by atoms with Gasteiger partial charge in [-0.2, -0.15) is 5.26 Å². The number of non-ortho nitro benzene ring substituents is 1. The molecule has 0 bridgehead atoms. The number of benzene rings is 3. The smallest absolute Gasteiger partial charge is 0.269 e. The molecule has 0 saturated heterocycles. The number of halogens is 2. The first kappa shape index (κ1) is 29.1. The van der Waals surface area contributed by atoms with Crippen LogP contribution in [0.1, 0.15) is 18.1 Å². The highest BCUT2D eigenvalue weighted by Gasteiger charge is 2.18. The number of hydrogen-bond acceptors (Lipinski definition) is 8. The summed E-state index contributed by atoms with van der Waals surface area (Å²) in [6, 6.07) is 13.9. The molecule has 12 heteroatoms. The van der Waals surface area contributed by atoms with E-state index in [0.29, 0.717) is 16.9 Å². The van der Waals surface area contributed by atoms with Gasteiger partial charge >= 0.3 is 0 Å². The van der Waals surface area contributed by atoms with Crippen LogP contribution in [0.5, 0.6) is 23.0 Å². The molecule has 0 unspecified atom stereocenters. The highest BCUT2D eigenvalue weighted by Crippen LogP contribution is 2.39. The van der Waals surface area contributed by atoms with E-state index in [1.165, 1.54) is 50.6 Å². The third-order valence-corrected chi connectivity index (χ3v) is 5.81. The minimum atomic E-state index is -0.708. The second kappa shape index (κ2) is 13.4. The van der Waals surface area contributed by atoms with Crippen molar-refractivity contribution in [1.82, 2.24) is 0 Å². The molecule has 1 amide bonds. The Morgan fingerprint density at radius 3 is 2.44 bits per heavy atom. The monoisotopic (exact) mass is 571 g/mol. The zero-order valence-electron chi connectivity index (χ0n) is 21.1. The van der Waals surface area contributed by atoms with Crippen LogP contribution in [0.4, 0.5) is 11.4 Å². The molecule has 0 aliphatic heterocycles. The Balaban J connectivity index is 1.88. The molecule has 1 N–H and O–H groups in total. The summed E-state index contributed by atoms with van der Waals surface area (Å²) < 4.78 is 22.0. The lowest BCUT2D eigenvalue weighted by atomic mass is 10.1. The minimum absolute atomic E-state index is 0.00506. The highest BCUT2D eigenvalue weighted by molar-refractivity contribution is 6.33.